The molecule has 2 aromatic carbocycles. The number of benzene rings is 2. The maximum absolute atomic E-state index is 11.9. The number of hydrogen-bond acceptors (Lipinski definition) is 7. The van der Waals surface area contributed by atoms with Gasteiger partial charge in [-0.3, -0.25) is 9.59 Å². The van der Waals surface area contributed by atoms with E-state index in [2.05, 4.69) is 20.8 Å². The molecule has 9 heteroatoms. The van der Waals surface area contributed by atoms with Crippen LogP contribution in [0, 0.1) is 0 Å². The second kappa shape index (κ2) is 9.56. The highest BCUT2D eigenvalue weighted by Gasteiger charge is 2.12. The fraction of sp³-hybridized carbons (Fsp3) is 0.158. The van der Waals surface area contributed by atoms with Crippen LogP contribution in [0.4, 0.5) is 11.4 Å². The molecule has 0 spiro atoms. The van der Waals surface area contributed by atoms with Crippen LogP contribution in [0.1, 0.15) is 12.8 Å². The van der Waals surface area contributed by atoms with Crippen molar-refractivity contribution in [1.29, 1.82) is 0 Å². The van der Waals surface area contributed by atoms with Crippen LogP contribution in [0.3, 0.4) is 0 Å². The summed E-state index contributed by atoms with van der Waals surface area (Å²) in [6, 6.07) is 16.2. The van der Waals surface area contributed by atoms with Crippen LogP contribution in [0.25, 0.3) is 0 Å². The minimum atomic E-state index is -0.193. The van der Waals surface area contributed by atoms with Gasteiger partial charge in [0, 0.05) is 12.6 Å². The molecule has 2 amide bonds. The third kappa shape index (κ3) is 5.85. The average Bonchev–Trinajstić information content (AvgIpc) is 3.14. The number of rotatable bonds is 8. The van der Waals surface area contributed by atoms with Gasteiger partial charge in [-0.2, -0.15) is 0 Å². The van der Waals surface area contributed by atoms with Crippen molar-refractivity contribution in [2.75, 3.05) is 16.4 Å². The van der Waals surface area contributed by atoms with E-state index in [4.69, 9.17) is 9.15 Å². The molecular weight excluding hydrogens is 380 g/mol. The molecule has 0 bridgehead atoms. The van der Waals surface area contributed by atoms with Crippen LogP contribution in [0.5, 0.6) is 5.75 Å². The predicted molar refractivity (Wildman–Crippen MR) is 105 cm³/mol. The lowest BCUT2D eigenvalue weighted by Crippen LogP contribution is -2.13. The van der Waals surface area contributed by atoms with Gasteiger partial charge in [0.25, 0.3) is 11.1 Å². The topological polar surface area (TPSA) is 106 Å². The number of anilines is 2. The first-order valence-electron chi connectivity index (χ1n) is 8.39. The van der Waals surface area contributed by atoms with Crippen molar-refractivity contribution in [2.24, 2.45) is 0 Å². The number of aromatic nitrogens is 2. The minimum Gasteiger partial charge on any atom is -0.482 e. The predicted octanol–water partition coefficient (Wildman–Crippen LogP) is 3.34. The number of para-hydroxylation sites is 3. The number of thioether (sulfide) groups is 1. The first kappa shape index (κ1) is 19.4. The highest BCUT2D eigenvalue weighted by Crippen LogP contribution is 2.25. The molecule has 0 saturated carbocycles. The largest absolute Gasteiger partial charge is 0.482 e. The second-order valence-corrected chi connectivity index (χ2v) is 6.56. The zero-order chi connectivity index (χ0) is 19.8. The molecule has 0 saturated heterocycles. The van der Waals surface area contributed by atoms with Gasteiger partial charge in [-0.15, -0.1) is 10.2 Å². The molecule has 8 nitrogen and oxygen atoms in total. The molecule has 0 aliphatic heterocycles. The van der Waals surface area contributed by atoms with Gasteiger partial charge in [-0.25, -0.2) is 0 Å². The molecule has 2 N–H and O–H groups in total. The molecule has 1 aromatic heterocycles. The number of carbonyl (C=O) groups excluding carboxylic acids is 2. The van der Waals surface area contributed by atoms with E-state index in [0.717, 1.165) is 17.4 Å². The normalized spacial score (nSPS) is 10.3. The van der Waals surface area contributed by atoms with Crippen LogP contribution in [0.2, 0.25) is 0 Å². The average molecular weight is 398 g/mol. The molecule has 28 heavy (non-hydrogen) atoms. The van der Waals surface area contributed by atoms with Crippen LogP contribution in [0.15, 0.2) is 64.2 Å². The summed E-state index contributed by atoms with van der Waals surface area (Å²) in [5.41, 5.74) is 1.28. The lowest BCUT2D eigenvalue weighted by Gasteiger charge is -2.09. The second-order valence-electron chi connectivity index (χ2n) is 5.63. The molecule has 0 atom stereocenters. The number of carbonyl (C=O) groups is 2. The summed E-state index contributed by atoms with van der Waals surface area (Å²) in [7, 11) is 0. The standard InChI is InChI=1S/C19H18N4O4S/c1-13(24)20-15-9-5-6-10-16(15)26-11-18-22-23-19(27-18)28-12-17(25)21-14-7-3-2-4-8-14/h2-10H,11-12H2,1H3,(H,20,24)(H,21,25). The number of amides is 2. The van der Waals surface area contributed by atoms with E-state index < -0.39 is 0 Å². The summed E-state index contributed by atoms with van der Waals surface area (Å²) in [6.07, 6.45) is 0. The van der Waals surface area contributed by atoms with Gasteiger partial charge in [-0.05, 0) is 24.3 Å². The Morgan fingerprint density at radius 3 is 2.57 bits per heavy atom. The van der Waals surface area contributed by atoms with Gasteiger partial charge >= 0.3 is 0 Å². The van der Waals surface area contributed by atoms with Gasteiger partial charge in [0.2, 0.25) is 11.8 Å². The lowest BCUT2D eigenvalue weighted by atomic mass is 10.3. The highest BCUT2D eigenvalue weighted by atomic mass is 32.2. The van der Waals surface area contributed by atoms with Crippen molar-refractivity contribution in [3.63, 3.8) is 0 Å². The first-order valence-corrected chi connectivity index (χ1v) is 9.38. The zero-order valence-electron chi connectivity index (χ0n) is 15.0. The van der Waals surface area contributed by atoms with Crippen molar-refractivity contribution in [2.45, 2.75) is 18.8 Å². The Balaban J connectivity index is 1.49. The lowest BCUT2D eigenvalue weighted by molar-refractivity contribution is -0.114. The molecule has 1 heterocycles. The molecule has 3 rings (SSSR count). The Morgan fingerprint density at radius 1 is 1.04 bits per heavy atom. The van der Waals surface area contributed by atoms with Crippen molar-refractivity contribution in [3.05, 3.63) is 60.5 Å². The first-order chi connectivity index (χ1) is 13.6. The van der Waals surface area contributed by atoms with E-state index in [9.17, 15) is 9.59 Å². The molecular formula is C19H18N4O4S. The van der Waals surface area contributed by atoms with Gasteiger partial charge in [0.15, 0.2) is 6.61 Å². The van der Waals surface area contributed by atoms with E-state index in [0.29, 0.717) is 11.4 Å². The summed E-state index contributed by atoms with van der Waals surface area (Å²) >= 11 is 1.14. The molecule has 0 unspecified atom stereocenters. The number of hydrogen-bond donors (Lipinski definition) is 2. The number of nitrogens with zero attached hydrogens (tertiary/aromatic N) is 2. The Hall–Kier alpha value is -3.33. The molecule has 0 fully saturated rings. The molecule has 144 valence electrons. The van der Waals surface area contributed by atoms with Gasteiger partial charge in [0.05, 0.1) is 11.4 Å². The minimum absolute atomic E-state index is 0.0420. The molecule has 0 aliphatic carbocycles. The van der Waals surface area contributed by atoms with E-state index >= 15 is 0 Å². The highest BCUT2D eigenvalue weighted by molar-refractivity contribution is 7.99. The molecule has 0 aliphatic rings. The smallest absolute Gasteiger partial charge is 0.277 e. The maximum Gasteiger partial charge on any atom is 0.277 e. The van der Waals surface area contributed by atoms with Crippen LogP contribution < -0.4 is 15.4 Å². The van der Waals surface area contributed by atoms with Crippen LogP contribution in [-0.2, 0) is 16.2 Å². The van der Waals surface area contributed by atoms with Crippen LogP contribution >= 0.6 is 11.8 Å². The summed E-state index contributed by atoms with van der Waals surface area (Å²) in [5, 5.41) is 13.5. The van der Waals surface area contributed by atoms with Crippen molar-refractivity contribution >= 4 is 35.0 Å². The summed E-state index contributed by atoms with van der Waals surface area (Å²) in [6.45, 7) is 1.46. The monoisotopic (exact) mass is 398 g/mol. The molecule has 3 aromatic rings. The number of nitrogens with one attached hydrogen (secondary N) is 2. The van der Waals surface area contributed by atoms with E-state index in [-0.39, 0.29) is 35.3 Å². The third-order valence-corrected chi connectivity index (χ3v) is 4.20. The van der Waals surface area contributed by atoms with Crippen molar-refractivity contribution in [1.82, 2.24) is 10.2 Å². The van der Waals surface area contributed by atoms with E-state index in [1.165, 1.54) is 6.92 Å². The fourth-order valence-electron chi connectivity index (χ4n) is 2.23. The summed E-state index contributed by atoms with van der Waals surface area (Å²) in [5.74, 6) is 0.539. The summed E-state index contributed by atoms with van der Waals surface area (Å²) < 4.78 is 11.1. The van der Waals surface area contributed by atoms with Gasteiger partial charge < -0.3 is 19.8 Å². The summed E-state index contributed by atoms with van der Waals surface area (Å²) in [4.78, 5) is 23.2. The van der Waals surface area contributed by atoms with E-state index in [1.807, 2.05) is 30.3 Å². The van der Waals surface area contributed by atoms with Crippen molar-refractivity contribution < 1.29 is 18.7 Å². The Bertz CT molecular complexity index is 946. The fourth-order valence-corrected chi connectivity index (χ4v) is 2.81. The zero-order valence-corrected chi connectivity index (χ0v) is 15.9. The van der Waals surface area contributed by atoms with Gasteiger partial charge in [0.1, 0.15) is 5.75 Å². The Kier molecular flexibility index (Phi) is 6.64. The van der Waals surface area contributed by atoms with E-state index in [1.54, 1.807) is 24.3 Å². The van der Waals surface area contributed by atoms with Crippen LogP contribution in [-0.4, -0.2) is 27.8 Å². The van der Waals surface area contributed by atoms with Gasteiger partial charge in [-0.1, -0.05) is 42.1 Å². The quantitative estimate of drug-likeness (QED) is 0.561. The number of ether oxygens (including phenoxy) is 1. The third-order valence-electron chi connectivity index (χ3n) is 3.38. The maximum atomic E-state index is 11.9. The SMILES string of the molecule is CC(=O)Nc1ccccc1OCc1nnc(SCC(=O)Nc2ccccc2)o1. The molecule has 0 radical (unpaired) electrons. The van der Waals surface area contributed by atoms with Crippen molar-refractivity contribution in [3.8, 4) is 5.75 Å². The Morgan fingerprint density at radius 2 is 1.79 bits per heavy atom. The Labute approximate surface area is 165 Å².